The maximum atomic E-state index is 13.5. The lowest BCUT2D eigenvalue weighted by molar-refractivity contribution is 0.0897. The molecule has 5 aromatic heterocycles. The minimum atomic E-state index is 0.0133. The highest BCUT2D eigenvalue weighted by Crippen LogP contribution is 2.31. The van der Waals surface area contributed by atoms with Gasteiger partial charge in [0.2, 0.25) is 5.91 Å². The lowest BCUT2D eigenvalue weighted by Crippen LogP contribution is -2.13. The molecule has 0 saturated heterocycles. The Kier molecular flexibility index (Phi) is 4.52. The standard InChI is InChI=1S/C26H20N8OS/c1-13(2)7-20(35)34-16-8-14(10-27-12-16)15-9-17-22(32-33-25(17)29-11-15)26-30-18-5-6-28-24(23(18)31-26)19-3-4-21(34)36-19/h3-6,8-13,32H,7H2,1-2H3,(H,29,33). The molecule has 0 aromatic carbocycles. The Balaban J connectivity index is 1.70. The van der Waals surface area contributed by atoms with Crippen LogP contribution < -0.4 is 0 Å². The first-order valence-electron chi connectivity index (χ1n) is 11.6. The predicted molar refractivity (Wildman–Crippen MR) is 142 cm³/mol. The number of hydrogen-bond acceptors (Lipinski definition) is 7. The summed E-state index contributed by atoms with van der Waals surface area (Å²) in [5.41, 5.74) is 5.80. The average Bonchev–Trinajstić information content (AvgIpc) is 3.60. The molecule has 0 atom stereocenters. The van der Waals surface area contributed by atoms with Gasteiger partial charge in [0.1, 0.15) is 21.6 Å². The number of imidazole rings is 1. The van der Waals surface area contributed by atoms with Crippen LogP contribution in [-0.4, -0.2) is 45.6 Å². The van der Waals surface area contributed by atoms with E-state index < -0.39 is 0 Å². The van der Waals surface area contributed by atoms with Crippen LogP contribution in [0.4, 0.5) is 0 Å². The molecular weight excluding hydrogens is 472 g/mol. The summed E-state index contributed by atoms with van der Waals surface area (Å²) in [6.07, 6.45) is 7.47. The van der Waals surface area contributed by atoms with Crippen molar-refractivity contribution in [2.45, 2.75) is 20.3 Å². The van der Waals surface area contributed by atoms with Crippen molar-refractivity contribution in [2.75, 3.05) is 0 Å². The maximum Gasteiger partial charge on any atom is 0.232 e. The molecule has 2 aliphatic rings. The number of nitrogens with zero attached hydrogens (tertiary/aromatic N) is 6. The molecule has 0 radical (unpaired) electrons. The van der Waals surface area contributed by atoms with E-state index in [1.807, 2.05) is 44.2 Å². The second-order valence-electron chi connectivity index (χ2n) is 9.22. The third-order valence-electron chi connectivity index (χ3n) is 6.23. The summed E-state index contributed by atoms with van der Waals surface area (Å²) >= 11 is 1.50. The monoisotopic (exact) mass is 492 g/mol. The van der Waals surface area contributed by atoms with E-state index in [0.717, 1.165) is 42.6 Å². The first-order chi connectivity index (χ1) is 17.5. The fraction of sp³-hybridized carbons (Fsp3) is 0.154. The lowest BCUT2D eigenvalue weighted by Gasteiger charge is -2.09. The number of pyridine rings is 3. The van der Waals surface area contributed by atoms with Gasteiger partial charge in [-0.05, 0) is 36.2 Å². The zero-order valence-electron chi connectivity index (χ0n) is 19.5. The molecule has 0 fully saturated rings. The van der Waals surface area contributed by atoms with Crippen molar-refractivity contribution in [3.8, 4) is 11.3 Å². The minimum Gasteiger partial charge on any atom is -0.295 e. The van der Waals surface area contributed by atoms with Gasteiger partial charge in [-0.1, -0.05) is 13.8 Å². The molecular formula is C26H20N8OS. The molecule has 7 rings (SSSR count). The molecule has 2 aliphatic heterocycles. The zero-order valence-corrected chi connectivity index (χ0v) is 20.3. The summed E-state index contributed by atoms with van der Waals surface area (Å²) in [5, 5.41) is 8.04. The number of thiophene rings is 1. The van der Waals surface area contributed by atoms with E-state index in [4.69, 9.17) is 9.97 Å². The highest BCUT2D eigenvalue weighted by atomic mass is 32.1. The SMILES string of the molecule is CC(C)CC(=O)n1c2cncc(c2)c2cnc3[nH][nH]c(c4nc5ccnc(c6ccc1s6)c5n4)-c3c2. The lowest BCUT2D eigenvalue weighted by atomic mass is 10.1. The quantitative estimate of drug-likeness (QED) is 0.312. The summed E-state index contributed by atoms with van der Waals surface area (Å²) in [6.45, 7) is 4.09. The van der Waals surface area contributed by atoms with Crippen molar-refractivity contribution >= 4 is 70.9 Å². The topological polar surface area (TPSA) is 118 Å². The molecule has 0 amide bonds. The number of fused-ring (bicyclic) bond motifs is 9. The minimum absolute atomic E-state index is 0.0133. The Labute approximate surface area is 207 Å². The normalized spacial score (nSPS) is 12.1. The largest absolute Gasteiger partial charge is 0.295 e. The number of rotatable bonds is 2. The van der Waals surface area contributed by atoms with E-state index in [0.29, 0.717) is 28.7 Å². The van der Waals surface area contributed by atoms with Crippen molar-refractivity contribution in [2.24, 2.45) is 5.92 Å². The molecule has 0 aliphatic carbocycles. The average molecular weight is 493 g/mol. The predicted octanol–water partition coefficient (Wildman–Crippen LogP) is 5.86. The number of H-pyrrole nitrogens is 2. The molecule has 8 bridgehead atoms. The van der Waals surface area contributed by atoms with Crippen LogP contribution >= 0.6 is 11.3 Å². The zero-order chi connectivity index (χ0) is 24.4. The number of carbonyl (C=O) groups excluding carboxylic acids is 1. The molecule has 0 spiro atoms. The van der Waals surface area contributed by atoms with Crippen molar-refractivity contribution in [1.82, 2.24) is 39.7 Å². The third-order valence-corrected chi connectivity index (χ3v) is 7.30. The van der Waals surface area contributed by atoms with Crippen LogP contribution in [0, 0.1) is 5.92 Å². The Bertz CT molecular complexity index is 1990. The molecule has 0 saturated carbocycles. The Morgan fingerprint density at radius 2 is 1.89 bits per heavy atom. The van der Waals surface area contributed by atoms with Gasteiger partial charge in [-0.25, -0.2) is 15.0 Å². The van der Waals surface area contributed by atoms with Gasteiger partial charge >= 0.3 is 0 Å². The Morgan fingerprint density at radius 1 is 1.00 bits per heavy atom. The summed E-state index contributed by atoms with van der Waals surface area (Å²) in [4.78, 5) is 37.7. The van der Waals surface area contributed by atoms with E-state index in [1.54, 1.807) is 29.4 Å². The molecule has 7 heterocycles. The first kappa shape index (κ1) is 20.9. The van der Waals surface area contributed by atoms with Crippen LogP contribution in [0.2, 0.25) is 0 Å². The molecule has 10 heteroatoms. The van der Waals surface area contributed by atoms with E-state index >= 15 is 0 Å². The molecule has 9 nitrogen and oxygen atoms in total. The van der Waals surface area contributed by atoms with Gasteiger partial charge in [0, 0.05) is 41.3 Å². The van der Waals surface area contributed by atoms with Gasteiger partial charge in [0.05, 0.1) is 21.9 Å². The van der Waals surface area contributed by atoms with Gasteiger partial charge in [0.15, 0.2) is 11.3 Å². The number of carbonyl (C=O) groups is 1. The van der Waals surface area contributed by atoms with Crippen molar-refractivity contribution in [3.05, 3.63) is 55.1 Å². The van der Waals surface area contributed by atoms with Gasteiger partial charge in [0.25, 0.3) is 0 Å². The molecule has 0 unspecified atom stereocenters. The van der Waals surface area contributed by atoms with E-state index in [9.17, 15) is 4.79 Å². The number of aromatic amines is 2. The van der Waals surface area contributed by atoms with Crippen molar-refractivity contribution in [1.29, 1.82) is 0 Å². The summed E-state index contributed by atoms with van der Waals surface area (Å²) in [5.74, 6) is 0.229. The second kappa shape index (κ2) is 7.79. The fourth-order valence-corrected chi connectivity index (χ4v) is 5.62. The van der Waals surface area contributed by atoms with E-state index in [-0.39, 0.29) is 11.8 Å². The van der Waals surface area contributed by atoms with Crippen LogP contribution in [0.1, 0.15) is 25.1 Å². The molecule has 5 aromatic rings. The summed E-state index contributed by atoms with van der Waals surface area (Å²) < 4.78 is 2.67. The van der Waals surface area contributed by atoms with E-state index in [1.165, 1.54) is 11.3 Å². The van der Waals surface area contributed by atoms with Crippen LogP contribution in [-0.2, 0) is 0 Å². The smallest absolute Gasteiger partial charge is 0.232 e. The highest BCUT2D eigenvalue weighted by molar-refractivity contribution is 7.24. The van der Waals surface area contributed by atoms with Gasteiger partial charge in [-0.3, -0.25) is 29.5 Å². The Morgan fingerprint density at radius 3 is 2.78 bits per heavy atom. The van der Waals surface area contributed by atoms with Crippen LogP contribution in [0.15, 0.2) is 55.1 Å². The fourth-order valence-electron chi connectivity index (χ4n) is 4.58. The Hall–Kier alpha value is -4.44. The van der Waals surface area contributed by atoms with Gasteiger partial charge in [-0.15, -0.1) is 11.3 Å². The maximum absolute atomic E-state index is 13.5. The molecule has 36 heavy (non-hydrogen) atoms. The summed E-state index contributed by atoms with van der Waals surface area (Å²) in [6, 6.07) is 9.83. The van der Waals surface area contributed by atoms with Gasteiger partial charge < -0.3 is 0 Å². The second-order valence-corrected chi connectivity index (χ2v) is 10.3. The van der Waals surface area contributed by atoms with Crippen LogP contribution in [0.5, 0.6) is 0 Å². The molecule has 176 valence electrons. The summed E-state index contributed by atoms with van der Waals surface area (Å²) in [7, 11) is 0. The van der Waals surface area contributed by atoms with Crippen LogP contribution in [0.3, 0.4) is 0 Å². The van der Waals surface area contributed by atoms with Crippen LogP contribution in [0.25, 0.3) is 64.9 Å². The third kappa shape index (κ3) is 3.22. The van der Waals surface area contributed by atoms with Gasteiger partial charge in [-0.2, -0.15) is 0 Å². The van der Waals surface area contributed by atoms with E-state index in [2.05, 4.69) is 25.1 Å². The first-order valence-corrected chi connectivity index (χ1v) is 12.4. The number of hydrogen-bond donors (Lipinski definition) is 2. The van der Waals surface area contributed by atoms with Crippen molar-refractivity contribution < 1.29 is 4.79 Å². The molecule has 2 N–H and O–H groups in total. The number of nitrogens with one attached hydrogen (secondary N) is 2. The van der Waals surface area contributed by atoms with Crippen molar-refractivity contribution in [3.63, 3.8) is 0 Å². The highest BCUT2D eigenvalue weighted by Gasteiger charge is 2.16. The number of aromatic nitrogens is 8.